The molecule has 2 amide bonds. The van der Waals surface area contributed by atoms with Crippen molar-refractivity contribution >= 4 is 17.5 Å². The van der Waals surface area contributed by atoms with Gasteiger partial charge in [0.1, 0.15) is 23.4 Å². The third-order valence-electron chi connectivity index (χ3n) is 4.34. The highest BCUT2D eigenvalue weighted by Crippen LogP contribution is 2.33. The Hall–Kier alpha value is -2.83. The van der Waals surface area contributed by atoms with Gasteiger partial charge in [0.25, 0.3) is 0 Å². The van der Waals surface area contributed by atoms with Crippen LogP contribution >= 0.6 is 0 Å². The van der Waals surface area contributed by atoms with Crippen LogP contribution in [-0.4, -0.2) is 18.4 Å². The van der Waals surface area contributed by atoms with E-state index < -0.39 is 41.1 Å². The first-order valence-electron chi connectivity index (χ1n) is 7.67. The van der Waals surface area contributed by atoms with Gasteiger partial charge in [0.05, 0.1) is 5.69 Å². The molecule has 0 spiro atoms. The number of amides is 2. The highest BCUT2D eigenvalue weighted by molar-refractivity contribution is 6.08. The molecule has 2 aromatic rings. The van der Waals surface area contributed by atoms with Gasteiger partial charge < -0.3 is 10.6 Å². The summed E-state index contributed by atoms with van der Waals surface area (Å²) in [5.41, 5.74) is -0.169. The molecule has 0 radical (unpaired) electrons. The van der Waals surface area contributed by atoms with Crippen LogP contribution in [0.15, 0.2) is 36.4 Å². The number of halogens is 3. The first kappa shape index (κ1) is 17.0. The average Bonchev–Trinajstić information content (AvgIpc) is 2.96. The van der Waals surface area contributed by atoms with Crippen LogP contribution in [0.2, 0.25) is 0 Å². The predicted octanol–water partition coefficient (Wildman–Crippen LogP) is 2.88. The molecule has 2 aromatic carbocycles. The minimum absolute atomic E-state index is 0.0379. The maximum atomic E-state index is 14.4. The number of benzene rings is 2. The van der Waals surface area contributed by atoms with Gasteiger partial charge in [-0.2, -0.15) is 0 Å². The van der Waals surface area contributed by atoms with Gasteiger partial charge in [0, 0.05) is 18.0 Å². The van der Waals surface area contributed by atoms with Crippen molar-refractivity contribution in [3.8, 4) is 0 Å². The molecule has 2 atom stereocenters. The quantitative estimate of drug-likeness (QED) is 0.838. The summed E-state index contributed by atoms with van der Waals surface area (Å²) in [6.07, 6.45) is 0. The van der Waals surface area contributed by atoms with Crippen LogP contribution in [0.3, 0.4) is 0 Å². The van der Waals surface area contributed by atoms with Gasteiger partial charge in [-0.1, -0.05) is 18.2 Å². The molecule has 4 nitrogen and oxygen atoms in total. The molecule has 2 N–H and O–H groups in total. The van der Waals surface area contributed by atoms with Gasteiger partial charge >= 0.3 is 0 Å². The van der Waals surface area contributed by atoms with E-state index in [9.17, 15) is 22.8 Å². The van der Waals surface area contributed by atoms with Gasteiger partial charge in [-0.05, 0) is 30.7 Å². The highest BCUT2D eigenvalue weighted by Gasteiger charge is 2.42. The fourth-order valence-corrected chi connectivity index (χ4v) is 2.95. The van der Waals surface area contributed by atoms with Gasteiger partial charge in [-0.25, -0.2) is 13.2 Å². The number of hydrogen-bond donors (Lipinski definition) is 2. The molecule has 0 aromatic heterocycles. The number of hydrogen-bond acceptors (Lipinski definition) is 2. The zero-order valence-electron chi connectivity index (χ0n) is 13.3. The molecule has 3 rings (SSSR count). The van der Waals surface area contributed by atoms with E-state index in [0.717, 1.165) is 6.07 Å². The van der Waals surface area contributed by atoms with Crippen molar-refractivity contribution in [2.45, 2.75) is 12.8 Å². The van der Waals surface area contributed by atoms with E-state index >= 15 is 0 Å². The minimum Gasteiger partial charge on any atom is -0.355 e. The Labute approximate surface area is 142 Å². The first-order chi connectivity index (χ1) is 11.9. The summed E-state index contributed by atoms with van der Waals surface area (Å²) < 4.78 is 41.6. The molecule has 7 heteroatoms. The summed E-state index contributed by atoms with van der Waals surface area (Å²) in [7, 11) is 0. The zero-order chi connectivity index (χ0) is 18.1. The van der Waals surface area contributed by atoms with Crippen molar-refractivity contribution in [3.63, 3.8) is 0 Å². The lowest BCUT2D eigenvalue weighted by molar-refractivity contribution is -0.130. The molecule has 1 saturated heterocycles. The van der Waals surface area contributed by atoms with Gasteiger partial charge in [0.15, 0.2) is 0 Å². The van der Waals surface area contributed by atoms with Crippen LogP contribution in [-0.2, 0) is 9.59 Å². The summed E-state index contributed by atoms with van der Waals surface area (Å²) in [6.45, 7) is 1.32. The minimum atomic E-state index is -1.24. The Morgan fingerprint density at radius 2 is 1.84 bits per heavy atom. The molecule has 0 saturated carbocycles. The lowest BCUT2D eigenvalue weighted by atomic mass is 9.86. The summed E-state index contributed by atoms with van der Waals surface area (Å²) in [5.74, 6) is -5.50. The van der Waals surface area contributed by atoms with E-state index in [1.54, 1.807) is 0 Å². The number of nitrogens with one attached hydrogen (secondary N) is 2. The zero-order valence-corrected chi connectivity index (χ0v) is 13.3. The maximum Gasteiger partial charge on any atom is 0.237 e. The second-order valence-electron chi connectivity index (χ2n) is 5.87. The van der Waals surface area contributed by atoms with Crippen molar-refractivity contribution in [1.82, 2.24) is 5.32 Å². The second kappa shape index (κ2) is 6.58. The summed E-state index contributed by atoms with van der Waals surface area (Å²) >= 11 is 0. The smallest absolute Gasteiger partial charge is 0.237 e. The van der Waals surface area contributed by atoms with Gasteiger partial charge in [-0.15, -0.1) is 0 Å². The third-order valence-corrected chi connectivity index (χ3v) is 4.34. The van der Waals surface area contributed by atoms with Crippen molar-refractivity contribution in [3.05, 3.63) is 65.0 Å². The van der Waals surface area contributed by atoms with E-state index in [0.29, 0.717) is 0 Å². The average molecular weight is 348 g/mol. The van der Waals surface area contributed by atoms with E-state index in [4.69, 9.17) is 0 Å². The summed E-state index contributed by atoms with van der Waals surface area (Å²) in [4.78, 5) is 24.6. The van der Waals surface area contributed by atoms with Crippen LogP contribution in [0, 0.1) is 30.3 Å². The number of para-hydroxylation sites is 1. The molecule has 1 aliphatic heterocycles. The first-order valence-corrected chi connectivity index (χ1v) is 7.67. The molecular weight excluding hydrogens is 333 g/mol. The molecule has 1 fully saturated rings. The molecule has 1 aliphatic rings. The normalized spacial score (nSPS) is 19.6. The molecule has 130 valence electrons. The van der Waals surface area contributed by atoms with Crippen LogP contribution < -0.4 is 10.6 Å². The second-order valence-corrected chi connectivity index (χ2v) is 5.87. The van der Waals surface area contributed by atoms with Crippen molar-refractivity contribution in [1.29, 1.82) is 0 Å². The monoisotopic (exact) mass is 348 g/mol. The lowest BCUT2D eigenvalue weighted by Crippen LogP contribution is -2.32. The van der Waals surface area contributed by atoms with E-state index in [1.807, 2.05) is 0 Å². The van der Waals surface area contributed by atoms with Crippen LogP contribution in [0.1, 0.15) is 17.0 Å². The van der Waals surface area contributed by atoms with Crippen LogP contribution in [0.4, 0.5) is 18.9 Å². The Balaban J connectivity index is 1.91. The standard InChI is InChI=1S/C18H15F3N2O2/c1-9-12(19)7-6-10(16(9)21)11-8-22-17(24)15(11)18(25)23-14-5-3-2-4-13(14)20/h2-7,11,15H,8H2,1H3,(H,22,24)(H,23,25)/t11-,15-/m1/s1. The van der Waals surface area contributed by atoms with Gasteiger partial charge in [0.2, 0.25) is 11.8 Å². The van der Waals surface area contributed by atoms with Crippen LogP contribution in [0.25, 0.3) is 0 Å². The number of carbonyl (C=O) groups excluding carboxylic acids is 2. The summed E-state index contributed by atoms with van der Waals surface area (Å²) in [6, 6.07) is 7.86. The molecule has 0 aliphatic carbocycles. The van der Waals surface area contributed by atoms with Crippen molar-refractivity contribution in [2.24, 2.45) is 5.92 Å². The fourth-order valence-electron chi connectivity index (χ4n) is 2.95. The molecule has 0 unspecified atom stereocenters. The Bertz CT molecular complexity index is 854. The Kier molecular flexibility index (Phi) is 4.48. The topological polar surface area (TPSA) is 58.2 Å². The molecule has 25 heavy (non-hydrogen) atoms. The molecular formula is C18H15F3N2O2. The predicted molar refractivity (Wildman–Crippen MR) is 85.4 cm³/mol. The fraction of sp³-hybridized carbons (Fsp3) is 0.222. The largest absolute Gasteiger partial charge is 0.355 e. The number of carbonyl (C=O) groups is 2. The lowest BCUT2D eigenvalue weighted by Gasteiger charge is -2.18. The van der Waals surface area contributed by atoms with Gasteiger partial charge in [-0.3, -0.25) is 9.59 Å². The number of rotatable bonds is 3. The maximum absolute atomic E-state index is 14.4. The molecule has 1 heterocycles. The van der Waals surface area contributed by atoms with E-state index in [-0.39, 0.29) is 23.4 Å². The highest BCUT2D eigenvalue weighted by atomic mass is 19.1. The Morgan fingerprint density at radius 3 is 2.56 bits per heavy atom. The third kappa shape index (κ3) is 3.09. The molecule has 0 bridgehead atoms. The SMILES string of the molecule is Cc1c(F)ccc([C@H]2CNC(=O)[C@@H]2C(=O)Nc2ccccc2F)c1F. The van der Waals surface area contributed by atoms with Crippen molar-refractivity contribution in [2.75, 3.05) is 11.9 Å². The van der Waals surface area contributed by atoms with E-state index in [2.05, 4.69) is 10.6 Å². The number of anilines is 1. The summed E-state index contributed by atoms with van der Waals surface area (Å²) in [5, 5.41) is 4.86. The van der Waals surface area contributed by atoms with Crippen LogP contribution in [0.5, 0.6) is 0 Å². The van der Waals surface area contributed by atoms with E-state index in [1.165, 1.54) is 37.3 Å². The van der Waals surface area contributed by atoms with Crippen molar-refractivity contribution < 1.29 is 22.8 Å². The Morgan fingerprint density at radius 1 is 1.12 bits per heavy atom.